The van der Waals surface area contributed by atoms with E-state index < -0.39 is 23.4 Å². The van der Waals surface area contributed by atoms with Crippen LogP contribution in [0.1, 0.15) is 24.0 Å². The van der Waals surface area contributed by atoms with Crippen molar-refractivity contribution in [2.24, 2.45) is 0 Å². The Morgan fingerprint density at radius 2 is 2.05 bits per heavy atom. The zero-order chi connectivity index (χ0) is 15.1. The molecule has 0 aliphatic rings. The molecule has 1 atom stereocenters. The van der Waals surface area contributed by atoms with Crippen molar-refractivity contribution in [3.8, 4) is 0 Å². The molecular formula is C15H17NO4. The predicted octanol–water partition coefficient (Wildman–Crippen LogP) is 2.63. The summed E-state index contributed by atoms with van der Waals surface area (Å²) in [5.41, 5.74) is 4.29. The maximum Gasteiger partial charge on any atom is 0.342 e. The first-order valence-electron chi connectivity index (χ1n) is 6.25. The molecule has 106 valence electrons. The summed E-state index contributed by atoms with van der Waals surface area (Å²) in [5, 5.41) is 10.8. The lowest BCUT2D eigenvalue weighted by molar-refractivity contribution is -0.481. The Kier molecular flexibility index (Phi) is 5.69. The first kappa shape index (κ1) is 15.7. The molecule has 0 saturated heterocycles. The van der Waals surface area contributed by atoms with E-state index in [1.807, 2.05) is 19.1 Å². The van der Waals surface area contributed by atoms with Crippen LogP contribution in [-0.2, 0) is 9.53 Å². The Balaban J connectivity index is 3.17. The number of esters is 1. The van der Waals surface area contributed by atoms with E-state index in [0.29, 0.717) is 5.56 Å². The van der Waals surface area contributed by atoms with Crippen LogP contribution in [0.5, 0.6) is 0 Å². The van der Waals surface area contributed by atoms with Gasteiger partial charge in [-0.15, -0.1) is 5.73 Å². The zero-order valence-corrected chi connectivity index (χ0v) is 11.6. The highest BCUT2D eigenvalue weighted by Crippen LogP contribution is 2.25. The molecule has 0 aromatic heterocycles. The second-order valence-corrected chi connectivity index (χ2v) is 4.29. The molecule has 1 aromatic rings. The number of aryl methyl sites for hydroxylation is 1. The van der Waals surface area contributed by atoms with Crippen LogP contribution in [0, 0.1) is 17.0 Å². The second kappa shape index (κ2) is 7.26. The van der Waals surface area contributed by atoms with Gasteiger partial charge in [0, 0.05) is 4.92 Å². The van der Waals surface area contributed by atoms with Crippen LogP contribution in [0.25, 0.3) is 0 Å². The highest BCUT2D eigenvalue weighted by Gasteiger charge is 2.28. The number of rotatable bonds is 6. The first-order chi connectivity index (χ1) is 9.49. The van der Waals surface area contributed by atoms with Gasteiger partial charge in [-0.05, 0) is 19.4 Å². The third-order valence-corrected chi connectivity index (χ3v) is 2.85. The van der Waals surface area contributed by atoms with Crippen LogP contribution in [0.15, 0.2) is 42.1 Å². The molecule has 5 heteroatoms. The van der Waals surface area contributed by atoms with E-state index in [9.17, 15) is 14.9 Å². The Morgan fingerprint density at radius 1 is 1.45 bits per heavy atom. The van der Waals surface area contributed by atoms with Gasteiger partial charge in [0.2, 0.25) is 6.54 Å². The third kappa shape index (κ3) is 4.07. The summed E-state index contributed by atoms with van der Waals surface area (Å²) in [5.74, 6) is -1.32. The molecule has 1 unspecified atom stereocenters. The predicted molar refractivity (Wildman–Crippen MR) is 75.1 cm³/mol. The van der Waals surface area contributed by atoms with Crippen molar-refractivity contribution in [3.63, 3.8) is 0 Å². The second-order valence-electron chi connectivity index (χ2n) is 4.29. The van der Waals surface area contributed by atoms with Crippen molar-refractivity contribution >= 4 is 5.97 Å². The zero-order valence-electron chi connectivity index (χ0n) is 11.6. The van der Waals surface area contributed by atoms with Crippen molar-refractivity contribution in [3.05, 3.63) is 63.4 Å². The monoisotopic (exact) mass is 275 g/mol. The van der Waals surface area contributed by atoms with E-state index in [-0.39, 0.29) is 12.2 Å². The van der Waals surface area contributed by atoms with Gasteiger partial charge in [-0.3, -0.25) is 10.1 Å². The molecule has 0 spiro atoms. The first-order valence-corrected chi connectivity index (χ1v) is 6.25. The van der Waals surface area contributed by atoms with Crippen LogP contribution in [0.4, 0.5) is 0 Å². The standard InChI is InChI=1S/C15H17NO4/c1-4-13(15(17)20-5-2)14(10-16(18)19)12-8-6-11(3)7-9-12/h6-9,14H,1,5,10H2,2-3H3. The fraction of sp³-hybridized carbons (Fsp3) is 0.333. The summed E-state index contributed by atoms with van der Waals surface area (Å²) in [6.45, 7) is 6.84. The summed E-state index contributed by atoms with van der Waals surface area (Å²) in [6, 6.07) is 7.21. The number of carbonyl (C=O) groups excluding carboxylic acids is 1. The van der Waals surface area contributed by atoms with Gasteiger partial charge in [0.05, 0.1) is 18.1 Å². The third-order valence-electron chi connectivity index (χ3n) is 2.85. The average Bonchev–Trinajstić information content (AvgIpc) is 2.39. The average molecular weight is 275 g/mol. The minimum atomic E-state index is -0.706. The normalized spacial score (nSPS) is 11.3. The van der Waals surface area contributed by atoms with E-state index in [0.717, 1.165) is 5.56 Å². The van der Waals surface area contributed by atoms with Crippen molar-refractivity contribution in [1.82, 2.24) is 0 Å². The van der Waals surface area contributed by atoms with Crippen molar-refractivity contribution in [2.45, 2.75) is 19.8 Å². The summed E-state index contributed by atoms with van der Waals surface area (Å²) in [6.07, 6.45) is 0. The lowest BCUT2D eigenvalue weighted by Gasteiger charge is -2.15. The molecule has 0 aliphatic heterocycles. The molecule has 0 heterocycles. The number of nitrogens with zero attached hydrogens (tertiary/aromatic N) is 1. The van der Waals surface area contributed by atoms with Crippen LogP contribution >= 0.6 is 0 Å². The van der Waals surface area contributed by atoms with Crippen molar-refractivity contribution < 1.29 is 14.5 Å². The summed E-state index contributed by atoms with van der Waals surface area (Å²) in [7, 11) is 0. The number of ether oxygens (including phenoxy) is 1. The molecule has 5 nitrogen and oxygen atoms in total. The highest BCUT2D eigenvalue weighted by atomic mass is 16.6. The minimum absolute atomic E-state index is 0.0902. The maximum atomic E-state index is 11.9. The van der Waals surface area contributed by atoms with Gasteiger partial charge in [0.25, 0.3) is 0 Å². The lowest BCUT2D eigenvalue weighted by atomic mass is 9.91. The number of hydrogen-bond acceptors (Lipinski definition) is 4. The van der Waals surface area contributed by atoms with Gasteiger partial charge in [-0.1, -0.05) is 36.4 Å². The fourth-order valence-corrected chi connectivity index (χ4v) is 1.86. The topological polar surface area (TPSA) is 69.4 Å². The molecule has 0 aliphatic carbocycles. The number of nitro groups is 1. The number of benzene rings is 1. The molecule has 0 radical (unpaired) electrons. The van der Waals surface area contributed by atoms with Crippen LogP contribution in [0.3, 0.4) is 0 Å². The molecule has 0 N–H and O–H groups in total. The molecule has 0 saturated carbocycles. The number of carbonyl (C=O) groups is 1. The van der Waals surface area contributed by atoms with E-state index >= 15 is 0 Å². The quantitative estimate of drug-likeness (QED) is 0.263. The maximum absolute atomic E-state index is 11.9. The lowest BCUT2D eigenvalue weighted by Crippen LogP contribution is -2.21. The summed E-state index contributed by atoms with van der Waals surface area (Å²) in [4.78, 5) is 22.2. The number of hydrogen-bond donors (Lipinski definition) is 0. The molecule has 0 fully saturated rings. The Morgan fingerprint density at radius 3 is 2.50 bits per heavy atom. The van der Waals surface area contributed by atoms with Crippen LogP contribution < -0.4 is 0 Å². The van der Waals surface area contributed by atoms with Gasteiger partial charge >= 0.3 is 5.97 Å². The minimum Gasteiger partial charge on any atom is -0.462 e. The van der Waals surface area contributed by atoms with E-state index in [1.54, 1.807) is 19.1 Å². The van der Waals surface area contributed by atoms with Gasteiger partial charge in [-0.2, -0.15) is 0 Å². The van der Waals surface area contributed by atoms with Crippen molar-refractivity contribution in [1.29, 1.82) is 0 Å². The summed E-state index contributed by atoms with van der Waals surface area (Å²) < 4.78 is 4.90. The van der Waals surface area contributed by atoms with E-state index in [2.05, 4.69) is 12.3 Å². The van der Waals surface area contributed by atoms with E-state index in [1.165, 1.54) is 0 Å². The Bertz CT molecular complexity index is 541. The Labute approximate surface area is 117 Å². The van der Waals surface area contributed by atoms with Gasteiger partial charge in [0.1, 0.15) is 0 Å². The highest BCUT2D eigenvalue weighted by molar-refractivity contribution is 5.90. The largest absolute Gasteiger partial charge is 0.462 e. The van der Waals surface area contributed by atoms with Crippen LogP contribution in [0.2, 0.25) is 0 Å². The smallest absolute Gasteiger partial charge is 0.342 e. The molecular weight excluding hydrogens is 258 g/mol. The molecule has 0 amide bonds. The fourth-order valence-electron chi connectivity index (χ4n) is 1.86. The van der Waals surface area contributed by atoms with Gasteiger partial charge in [-0.25, -0.2) is 4.79 Å². The van der Waals surface area contributed by atoms with Gasteiger partial charge < -0.3 is 4.74 Å². The molecule has 1 aromatic carbocycles. The Hall–Kier alpha value is -2.39. The van der Waals surface area contributed by atoms with Crippen LogP contribution in [-0.4, -0.2) is 24.0 Å². The SMILES string of the molecule is C=C=C(C(=O)OCC)C(C[N+](=O)[O-])c1ccc(C)cc1. The molecule has 1 rings (SSSR count). The van der Waals surface area contributed by atoms with Gasteiger partial charge in [0.15, 0.2) is 0 Å². The molecule has 0 bridgehead atoms. The van der Waals surface area contributed by atoms with E-state index in [4.69, 9.17) is 4.74 Å². The van der Waals surface area contributed by atoms with Crippen molar-refractivity contribution in [2.75, 3.05) is 13.2 Å². The molecule has 20 heavy (non-hydrogen) atoms. The summed E-state index contributed by atoms with van der Waals surface area (Å²) >= 11 is 0.